The molecule has 1 aromatic heterocycles. The quantitative estimate of drug-likeness (QED) is 0.380. The minimum Gasteiger partial charge on any atom is -0.484 e. The van der Waals surface area contributed by atoms with Crippen molar-refractivity contribution >= 4 is 23.7 Å². The van der Waals surface area contributed by atoms with E-state index in [0.29, 0.717) is 11.5 Å². The van der Waals surface area contributed by atoms with E-state index in [1.807, 2.05) is 44.2 Å². The van der Waals surface area contributed by atoms with Crippen LogP contribution in [0.25, 0.3) is 0 Å². The molecule has 36 heavy (non-hydrogen) atoms. The van der Waals surface area contributed by atoms with Crippen LogP contribution < -0.4 is 14.8 Å². The van der Waals surface area contributed by atoms with Gasteiger partial charge < -0.3 is 24.3 Å². The first-order chi connectivity index (χ1) is 17.4. The normalized spacial score (nSPS) is 10.4. The lowest BCUT2D eigenvalue weighted by atomic mass is 10.2. The SMILES string of the molecule is CCOC(=O)c1cnn(CCOC(=O)COc2cccc(C)c2)c1NC(=O)COc1cccc(C)c1. The maximum Gasteiger partial charge on any atom is 0.344 e. The van der Waals surface area contributed by atoms with Crippen LogP contribution in [0.3, 0.4) is 0 Å². The Hall–Kier alpha value is -4.34. The molecule has 3 aromatic rings. The molecule has 0 aliphatic heterocycles. The van der Waals surface area contributed by atoms with Crippen molar-refractivity contribution in [3.8, 4) is 11.5 Å². The highest BCUT2D eigenvalue weighted by atomic mass is 16.6. The van der Waals surface area contributed by atoms with Crippen molar-refractivity contribution in [3.05, 3.63) is 71.4 Å². The number of carbonyl (C=O) groups is 3. The standard InChI is InChI=1S/C26H29N3O7/c1-4-33-26(32)22-15-27-29(11-12-34-24(31)17-36-21-10-6-8-19(3)14-21)25(22)28-23(30)16-35-20-9-5-7-18(2)13-20/h5-10,13-15H,4,11-12,16-17H2,1-3H3,(H,28,30). The predicted octanol–water partition coefficient (Wildman–Crippen LogP) is 3.32. The van der Waals surface area contributed by atoms with E-state index in [4.69, 9.17) is 18.9 Å². The number of amides is 1. The van der Waals surface area contributed by atoms with E-state index in [1.54, 1.807) is 25.1 Å². The highest BCUT2D eigenvalue weighted by Crippen LogP contribution is 2.18. The molecule has 0 unspecified atom stereocenters. The number of ether oxygens (including phenoxy) is 4. The predicted molar refractivity (Wildman–Crippen MR) is 131 cm³/mol. The second-order valence-corrected chi connectivity index (χ2v) is 7.83. The lowest BCUT2D eigenvalue weighted by Gasteiger charge is -2.12. The lowest BCUT2D eigenvalue weighted by molar-refractivity contribution is -0.146. The average Bonchev–Trinajstić information content (AvgIpc) is 3.24. The van der Waals surface area contributed by atoms with Gasteiger partial charge in [0.15, 0.2) is 13.2 Å². The number of nitrogens with one attached hydrogen (secondary N) is 1. The Bertz CT molecular complexity index is 1210. The van der Waals surface area contributed by atoms with Crippen LogP contribution in [0, 0.1) is 13.8 Å². The first-order valence-electron chi connectivity index (χ1n) is 11.4. The van der Waals surface area contributed by atoms with Gasteiger partial charge in [-0.2, -0.15) is 5.10 Å². The maximum absolute atomic E-state index is 12.5. The van der Waals surface area contributed by atoms with Gasteiger partial charge in [0.25, 0.3) is 5.91 Å². The Morgan fingerprint density at radius 3 is 2.17 bits per heavy atom. The van der Waals surface area contributed by atoms with Gasteiger partial charge in [0.05, 0.1) is 19.3 Å². The van der Waals surface area contributed by atoms with Crippen LogP contribution in [0.2, 0.25) is 0 Å². The Labute approximate surface area is 209 Å². The molecule has 1 N–H and O–H groups in total. The summed E-state index contributed by atoms with van der Waals surface area (Å²) in [6.45, 7) is 5.18. The van der Waals surface area contributed by atoms with Gasteiger partial charge >= 0.3 is 11.9 Å². The molecule has 10 nitrogen and oxygen atoms in total. The molecule has 0 fully saturated rings. The Kier molecular flexibility index (Phi) is 9.44. The second-order valence-electron chi connectivity index (χ2n) is 7.83. The molecule has 190 valence electrons. The third-order valence-corrected chi connectivity index (χ3v) is 4.86. The maximum atomic E-state index is 12.5. The third-order valence-electron chi connectivity index (χ3n) is 4.86. The van der Waals surface area contributed by atoms with Gasteiger partial charge in [-0.3, -0.25) is 4.79 Å². The molecular formula is C26H29N3O7. The van der Waals surface area contributed by atoms with Gasteiger partial charge in [-0.1, -0.05) is 24.3 Å². The smallest absolute Gasteiger partial charge is 0.344 e. The van der Waals surface area contributed by atoms with Crippen molar-refractivity contribution in [1.29, 1.82) is 0 Å². The summed E-state index contributed by atoms with van der Waals surface area (Å²) in [5.41, 5.74) is 2.08. The number of benzene rings is 2. The van der Waals surface area contributed by atoms with Crippen molar-refractivity contribution < 1.29 is 33.3 Å². The first-order valence-corrected chi connectivity index (χ1v) is 11.4. The number of rotatable bonds is 12. The molecule has 0 atom stereocenters. The number of aryl methyl sites for hydroxylation is 2. The van der Waals surface area contributed by atoms with E-state index >= 15 is 0 Å². The van der Waals surface area contributed by atoms with Crippen LogP contribution in [0.1, 0.15) is 28.4 Å². The summed E-state index contributed by atoms with van der Waals surface area (Å²) < 4.78 is 22.6. The molecular weight excluding hydrogens is 466 g/mol. The molecule has 3 rings (SSSR count). The molecule has 0 radical (unpaired) electrons. The lowest BCUT2D eigenvalue weighted by Crippen LogP contribution is -2.25. The average molecular weight is 496 g/mol. The van der Waals surface area contributed by atoms with E-state index in [1.165, 1.54) is 10.9 Å². The van der Waals surface area contributed by atoms with Gasteiger partial charge in [-0.25, -0.2) is 14.3 Å². The summed E-state index contributed by atoms with van der Waals surface area (Å²) in [5, 5.41) is 6.78. The largest absolute Gasteiger partial charge is 0.484 e. The van der Waals surface area contributed by atoms with Crippen LogP contribution in [0.5, 0.6) is 11.5 Å². The van der Waals surface area contributed by atoms with E-state index in [0.717, 1.165) is 11.1 Å². The summed E-state index contributed by atoms with van der Waals surface area (Å²) in [6.07, 6.45) is 1.29. The van der Waals surface area contributed by atoms with Gasteiger partial charge in [0.1, 0.15) is 29.5 Å². The zero-order chi connectivity index (χ0) is 25.9. The zero-order valence-corrected chi connectivity index (χ0v) is 20.5. The van der Waals surface area contributed by atoms with Gasteiger partial charge in [0, 0.05) is 0 Å². The van der Waals surface area contributed by atoms with E-state index < -0.39 is 17.8 Å². The molecule has 10 heteroatoms. The van der Waals surface area contributed by atoms with Gasteiger partial charge in [-0.15, -0.1) is 0 Å². The fourth-order valence-electron chi connectivity index (χ4n) is 3.20. The molecule has 1 amide bonds. The number of anilines is 1. The topological polar surface area (TPSA) is 118 Å². The van der Waals surface area contributed by atoms with E-state index in [-0.39, 0.29) is 44.4 Å². The fraction of sp³-hybridized carbons (Fsp3) is 0.308. The molecule has 0 spiro atoms. The van der Waals surface area contributed by atoms with Crippen molar-refractivity contribution in [2.24, 2.45) is 0 Å². The number of hydrogen-bond donors (Lipinski definition) is 1. The summed E-state index contributed by atoms with van der Waals surface area (Å²) >= 11 is 0. The Balaban J connectivity index is 1.57. The highest BCUT2D eigenvalue weighted by Gasteiger charge is 2.21. The van der Waals surface area contributed by atoms with Gasteiger partial charge in [0.2, 0.25) is 0 Å². The minimum atomic E-state index is -0.637. The van der Waals surface area contributed by atoms with E-state index in [9.17, 15) is 14.4 Å². The van der Waals surface area contributed by atoms with Gasteiger partial charge in [-0.05, 0) is 56.2 Å². The minimum absolute atomic E-state index is 0.0530. The van der Waals surface area contributed by atoms with Crippen molar-refractivity contribution in [2.75, 3.05) is 31.7 Å². The summed E-state index contributed by atoms with van der Waals surface area (Å²) in [7, 11) is 0. The molecule has 0 bridgehead atoms. The van der Waals surface area contributed by atoms with Crippen LogP contribution in [0.15, 0.2) is 54.7 Å². The highest BCUT2D eigenvalue weighted by molar-refractivity contribution is 6.00. The van der Waals surface area contributed by atoms with Crippen molar-refractivity contribution in [2.45, 2.75) is 27.3 Å². The van der Waals surface area contributed by atoms with Crippen molar-refractivity contribution in [3.63, 3.8) is 0 Å². The number of carbonyl (C=O) groups excluding carboxylic acids is 3. The molecule has 0 aliphatic rings. The second kappa shape index (κ2) is 12.9. The number of nitrogens with zero attached hydrogens (tertiary/aromatic N) is 2. The fourth-order valence-corrected chi connectivity index (χ4v) is 3.20. The van der Waals surface area contributed by atoms with E-state index in [2.05, 4.69) is 10.4 Å². The van der Waals surface area contributed by atoms with Crippen LogP contribution in [-0.4, -0.2) is 54.1 Å². The van der Waals surface area contributed by atoms with Crippen LogP contribution >= 0.6 is 0 Å². The Morgan fingerprint density at radius 1 is 0.917 bits per heavy atom. The third kappa shape index (κ3) is 7.86. The monoisotopic (exact) mass is 495 g/mol. The zero-order valence-electron chi connectivity index (χ0n) is 20.5. The van der Waals surface area contributed by atoms with Crippen molar-refractivity contribution in [1.82, 2.24) is 9.78 Å². The first kappa shape index (κ1) is 26.3. The summed E-state index contributed by atoms with van der Waals surface area (Å²) in [6, 6.07) is 14.6. The molecule has 0 saturated carbocycles. The molecule has 2 aromatic carbocycles. The molecule has 0 saturated heterocycles. The Morgan fingerprint density at radius 2 is 1.56 bits per heavy atom. The van der Waals surface area contributed by atoms with Crippen LogP contribution in [-0.2, 0) is 25.6 Å². The van der Waals surface area contributed by atoms with Crippen LogP contribution in [0.4, 0.5) is 5.82 Å². The number of esters is 2. The summed E-state index contributed by atoms with van der Waals surface area (Å²) in [5.74, 6) is -0.459. The molecule has 1 heterocycles. The number of aromatic nitrogens is 2. The molecule has 0 aliphatic carbocycles. The summed E-state index contributed by atoms with van der Waals surface area (Å²) in [4.78, 5) is 37.0. The number of hydrogen-bond acceptors (Lipinski definition) is 8.